The molecule has 1 aliphatic heterocycles. The van der Waals surface area contributed by atoms with E-state index >= 15 is 0 Å². The second-order valence-corrected chi connectivity index (χ2v) is 8.57. The summed E-state index contributed by atoms with van der Waals surface area (Å²) >= 11 is 6.24. The van der Waals surface area contributed by atoms with Gasteiger partial charge in [0, 0.05) is 7.11 Å². The standard InChI is InChI=1S/C24H28ClN3O5/c1-14(2)21(22(29)26-19-10-5-15(3)13-18(19)25)28-23(30)20(27-24(28)31)16-6-8-17(9-7-16)33-12-11-32-4/h5-10,13-14,20-21H,11-12H2,1-4H3,(H,26,29)(H,27,31)/t20-,21?/m1/s1. The molecule has 1 heterocycles. The molecule has 2 N–H and O–H groups in total. The van der Waals surface area contributed by atoms with Crippen LogP contribution in [0.5, 0.6) is 5.75 Å². The minimum atomic E-state index is -1.00. The van der Waals surface area contributed by atoms with Gasteiger partial charge in [0.05, 0.1) is 17.3 Å². The maximum atomic E-state index is 13.2. The molecule has 9 heteroatoms. The number of rotatable bonds is 9. The van der Waals surface area contributed by atoms with Gasteiger partial charge >= 0.3 is 6.03 Å². The van der Waals surface area contributed by atoms with Crippen LogP contribution in [-0.4, -0.2) is 49.1 Å². The van der Waals surface area contributed by atoms with E-state index in [9.17, 15) is 14.4 Å². The van der Waals surface area contributed by atoms with Crippen molar-refractivity contribution in [2.45, 2.75) is 32.9 Å². The molecule has 2 atom stereocenters. The van der Waals surface area contributed by atoms with E-state index in [0.717, 1.165) is 10.5 Å². The highest BCUT2D eigenvalue weighted by Crippen LogP contribution is 2.29. The van der Waals surface area contributed by atoms with Crippen LogP contribution < -0.4 is 15.4 Å². The first-order chi connectivity index (χ1) is 15.7. The minimum absolute atomic E-state index is 0.320. The van der Waals surface area contributed by atoms with Crippen LogP contribution in [0.2, 0.25) is 5.02 Å². The lowest BCUT2D eigenvalue weighted by Gasteiger charge is -2.27. The van der Waals surface area contributed by atoms with Gasteiger partial charge in [-0.3, -0.25) is 9.59 Å². The van der Waals surface area contributed by atoms with Gasteiger partial charge in [0.25, 0.3) is 5.91 Å². The summed E-state index contributed by atoms with van der Waals surface area (Å²) in [6, 6.07) is 9.60. The van der Waals surface area contributed by atoms with Gasteiger partial charge in [0.1, 0.15) is 24.4 Å². The second-order valence-electron chi connectivity index (χ2n) is 8.16. The van der Waals surface area contributed by atoms with E-state index in [2.05, 4.69) is 10.6 Å². The number of methoxy groups -OCH3 is 1. The van der Waals surface area contributed by atoms with Crippen molar-refractivity contribution in [3.63, 3.8) is 0 Å². The number of nitrogens with zero attached hydrogens (tertiary/aromatic N) is 1. The summed E-state index contributed by atoms with van der Waals surface area (Å²) in [5.41, 5.74) is 1.97. The van der Waals surface area contributed by atoms with Crippen LogP contribution in [0.3, 0.4) is 0 Å². The van der Waals surface area contributed by atoms with E-state index in [1.807, 2.05) is 13.0 Å². The molecular formula is C24H28ClN3O5. The molecule has 0 radical (unpaired) electrons. The number of imide groups is 1. The third-order valence-electron chi connectivity index (χ3n) is 5.30. The molecule has 2 aromatic rings. The summed E-state index contributed by atoms with van der Waals surface area (Å²) in [4.78, 5) is 40.1. The van der Waals surface area contributed by atoms with Gasteiger partial charge in [0.15, 0.2) is 0 Å². The summed E-state index contributed by atoms with van der Waals surface area (Å²) in [7, 11) is 1.59. The smallest absolute Gasteiger partial charge is 0.325 e. The van der Waals surface area contributed by atoms with Gasteiger partial charge in [-0.2, -0.15) is 0 Å². The topological polar surface area (TPSA) is 97.0 Å². The molecule has 2 aromatic carbocycles. The zero-order chi connectivity index (χ0) is 24.1. The number of hydrogen-bond acceptors (Lipinski definition) is 5. The SMILES string of the molecule is COCCOc1ccc([C@H]2NC(=O)N(C(C(=O)Nc3ccc(C)cc3Cl)C(C)C)C2=O)cc1. The predicted molar refractivity (Wildman–Crippen MR) is 125 cm³/mol. The number of hydrogen-bond donors (Lipinski definition) is 2. The van der Waals surface area contributed by atoms with Gasteiger partial charge in [-0.1, -0.05) is 43.6 Å². The molecule has 1 fully saturated rings. The van der Waals surface area contributed by atoms with E-state index in [-0.39, 0.29) is 5.92 Å². The number of carbonyl (C=O) groups is 3. The maximum absolute atomic E-state index is 13.2. The first kappa shape index (κ1) is 24.5. The lowest BCUT2D eigenvalue weighted by Crippen LogP contribution is -2.50. The molecule has 0 spiro atoms. The minimum Gasteiger partial charge on any atom is -0.491 e. The molecule has 0 saturated carbocycles. The lowest BCUT2D eigenvalue weighted by atomic mass is 10.00. The fraction of sp³-hybridized carbons (Fsp3) is 0.375. The number of amides is 4. The van der Waals surface area contributed by atoms with Crippen LogP contribution in [0.4, 0.5) is 10.5 Å². The molecule has 0 aliphatic carbocycles. The van der Waals surface area contributed by atoms with E-state index in [4.69, 9.17) is 21.1 Å². The number of aryl methyl sites for hydroxylation is 1. The Bertz CT molecular complexity index is 1030. The van der Waals surface area contributed by atoms with Crippen molar-refractivity contribution < 1.29 is 23.9 Å². The molecule has 8 nitrogen and oxygen atoms in total. The first-order valence-corrected chi connectivity index (χ1v) is 11.0. The predicted octanol–water partition coefficient (Wildman–Crippen LogP) is 3.93. The Morgan fingerprint density at radius 1 is 1.15 bits per heavy atom. The molecule has 1 aliphatic rings. The molecule has 1 saturated heterocycles. The number of nitrogens with one attached hydrogen (secondary N) is 2. The zero-order valence-corrected chi connectivity index (χ0v) is 19.8. The highest BCUT2D eigenvalue weighted by atomic mass is 35.5. The molecule has 1 unspecified atom stereocenters. The highest BCUT2D eigenvalue weighted by Gasteiger charge is 2.46. The van der Waals surface area contributed by atoms with Crippen molar-refractivity contribution in [2.75, 3.05) is 25.6 Å². The largest absolute Gasteiger partial charge is 0.491 e. The van der Waals surface area contributed by atoms with Crippen LogP contribution in [0, 0.1) is 12.8 Å². The van der Waals surface area contributed by atoms with Gasteiger partial charge in [-0.05, 0) is 48.2 Å². The van der Waals surface area contributed by atoms with Crippen molar-refractivity contribution >= 4 is 35.1 Å². The monoisotopic (exact) mass is 473 g/mol. The average molecular weight is 474 g/mol. The lowest BCUT2D eigenvalue weighted by molar-refractivity contribution is -0.135. The molecule has 0 bridgehead atoms. The Morgan fingerprint density at radius 2 is 1.85 bits per heavy atom. The van der Waals surface area contributed by atoms with E-state index in [1.54, 1.807) is 57.4 Å². The molecule has 3 rings (SSSR count). The van der Waals surface area contributed by atoms with Gasteiger partial charge in [-0.25, -0.2) is 9.69 Å². The zero-order valence-electron chi connectivity index (χ0n) is 19.1. The quantitative estimate of drug-likeness (QED) is 0.425. The number of carbonyl (C=O) groups excluding carboxylic acids is 3. The van der Waals surface area contributed by atoms with Crippen LogP contribution >= 0.6 is 11.6 Å². The molecular weight excluding hydrogens is 446 g/mol. The van der Waals surface area contributed by atoms with Gasteiger partial charge < -0.3 is 20.1 Å². The fourth-order valence-corrected chi connectivity index (χ4v) is 3.91. The molecule has 0 aromatic heterocycles. The maximum Gasteiger partial charge on any atom is 0.325 e. The Kier molecular flexibility index (Phi) is 7.94. The van der Waals surface area contributed by atoms with Crippen LogP contribution in [0.15, 0.2) is 42.5 Å². The summed E-state index contributed by atoms with van der Waals surface area (Å²) < 4.78 is 10.5. The first-order valence-electron chi connectivity index (χ1n) is 10.6. The molecule has 33 heavy (non-hydrogen) atoms. The number of ether oxygens (including phenoxy) is 2. The molecule has 176 valence electrons. The summed E-state index contributed by atoms with van der Waals surface area (Å²) in [6.45, 7) is 6.31. The second kappa shape index (κ2) is 10.7. The van der Waals surface area contributed by atoms with Crippen molar-refractivity contribution in [2.24, 2.45) is 5.92 Å². The Labute approximate surface area is 198 Å². The Balaban J connectivity index is 1.77. The van der Waals surface area contributed by atoms with Crippen molar-refractivity contribution in [1.29, 1.82) is 0 Å². The highest BCUT2D eigenvalue weighted by molar-refractivity contribution is 6.33. The van der Waals surface area contributed by atoms with Crippen LogP contribution in [0.25, 0.3) is 0 Å². The summed E-state index contributed by atoms with van der Waals surface area (Å²) in [5, 5.41) is 5.82. The van der Waals surface area contributed by atoms with E-state index < -0.39 is 29.9 Å². The third kappa shape index (κ3) is 5.64. The van der Waals surface area contributed by atoms with Crippen molar-refractivity contribution in [3.8, 4) is 5.75 Å². The number of urea groups is 1. The van der Waals surface area contributed by atoms with E-state index in [1.165, 1.54) is 0 Å². The number of benzene rings is 2. The van der Waals surface area contributed by atoms with Crippen molar-refractivity contribution in [1.82, 2.24) is 10.2 Å². The summed E-state index contributed by atoms with van der Waals surface area (Å²) in [5.74, 6) is -0.670. The number of halogens is 1. The van der Waals surface area contributed by atoms with E-state index in [0.29, 0.717) is 35.2 Å². The third-order valence-corrected chi connectivity index (χ3v) is 5.61. The van der Waals surface area contributed by atoms with Crippen molar-refractivity contribution in [3.05, 3.63) is 58.6 Å². The Hall–Kier alpha value is -3.10. The molecule has 4 amide bonds. The van der Waals surface area contributed by atoms with Gasteiger partial charge in [0.2, 0.25) is 5.91 Å². The summed E-state index contributed by atoms with van der Waals surface area (Å²) in [6.07, 6.45) is 0. The van der Waals surface area contributed by atoms with Crippen LogP contribution in [0.1, 0.15) is 31.0 Å². The Morgan fingerprint density at radius 3 is 2.45 bits per heavy atom. The fourth-order valence-electron chi connectivity index (χ4n) is 3.63. The number of anilines is 1. The van der Waals surface area contributed by atoms with Crippen LogP contribution in [-0.2, 0) is 14.3 Å². The normalized spacial score (nSPS) is 16.7. The average Bonchev–Trinajstić information content (AvgIpc) is 3.05. The van der Waals surface area contributed by atoms with Gasteiger partial charge in [-0.15, -0.1) is 0 Å².